The Morgan fingerprint density at radius 1 is 0.944 bits per heavy atom. The lowest BCUT2D eigenvalue weighted by Gasteiger charge is -2.24. The van der Waals surface area contributed by atoms with Gasteiger partial charge < -0.3 is 14.2 Å². The fraction of sp³-hybridized carbons (Fsp3) is 0.160. The SMILES string of the molecule is COC(=O)COc1ccc(/C=N\NC(=O)CN(c2cccc(OC)c2)S(=O)(=O)c2ccccc2)cc1. The molecule has 0 bridgehead atoms. The fourth-order valence-electron chi connectivity index (χ4n) is 3.00. The largest absolute Gasteiger partial charge is 0.497 e. The summed E-state index contributed by atoms with van der Waals surface area (Å²) in [7, 11) is -1.31. The maximum Gasteiger partial charge on any atom is 0.343 e. The van der Waals surface area contributed by atoms with Gasteiger partial charge in [-0.15, -0.1) is 0 Å². The minimum Gasteiger partial charge on any atom is -0.497 e. The Morgan fingerprint density at radius 3 is 2.33 bits per heavy atom. The van der Waals surface area contributed by atoms with Crippen LogP contribution in [0.2, 0.25) is 0 Å². The summed E-state index contributed by atoms with van der Waals surface area (Å²) in [6, 6.07) is 20.8. The van der Waals surface area contributed by atoms with Crippen molar-refractivity contribution in [1.82, 2.24) is 5.43 Å². The number of ether oxygens (including phenoxy) is 3. The molecule has 1 N–H and O–H groups in total. The quantitative estimate of drug-likeness (QED) is 0.238. The summed E-state index contributed by atoms with van der Waals surface area (Å²) in [4.78, 5) is 23.8. The highest BCUT2D eigenvalue weighted by atomic mass is 32.2. The number of hydrogen-bond acceptors (Lipinski definition) is 8. The molecule has 11 heteroatoms. The van der Waals surface area contributed by atoms with Crippen LogP contribution in [0.15, 0.2) is 88.9 Å². The molecule has 0 aliphatic rings. The maximum absolute atomic E-state index is 13.3. The lowest BCUT2D eigenvalue weighted by Crippen LogP contribution is -2.39. The van der Waals surface area contributed by atoms with Gasteiger partial charge in [-0.3, -0.25) is 9.10 Å². The van der Waals surface area contributed by atoms with Crippen LogP contribution in [0.25, 0.3) is 0 Å². The van der Waals surface area contributed by atoms with Crippen molar-refractivity contribution in [1.29, 1.82) is 0 Å². The highest BCUT2D eigenvalue weighted by Crippen LogP contribution is 2.26. The van der Waals surface area contributed by atoms with Crippen LogP contribution in [0.1, 0.15) is 5.56 Å². The first kappa shape index (κ1) is 26.2. The van der Waals surface area contributed by atoms with E-state index in [1.807, 2.05) is 0 Å². The Labute approximate surface area is 209 Å². The van der Waals surface area contributed by atoms with Crippen LogP contribution in [-0.2, 0) is 24.3 Å². The van der Waals surface area contributed by atoms with Crippen LogP contribution < -0.4 is 19.2 Å². The normalized spacial score (nSPS) is 11.1. The van der Waals surface area contributed by atoms with Crippen molar-refractivity contribution in [2.45, 2.75) is 4.90 Å². The molecule has 0 aliphatic heterocycles. The summed E-state index contributed by atoms with van der Waals surface area (Å²) in [5.74, 6) is -0.243. The van der Waals surface area contributed by atoms with Gasteiger partial charge in [-0.2, -0.15) is 5.10 Å². The van der Waals surface area contributed by atoms with E-state index in [1.165, 1.54) is 38.6 Å². The maximum atomic E-state index is 13.3. The molecule has 3 aromatic rings. The van der Waals surface area contributed by atoms with Gasteiger partial charge in [0, 0.05) is 6.07 Å². The van der Waals surface area contributed by atoms with Gasteiger partial charge in [0.1, 0.15) is 18.0 Å². The number of benzene rings is 3. The first-order chi connectivity index (χ1) is 17.3. The van der Waals surface area contributed by atoms with Crippen molar-refractivity contribution in [3.8, 4) is 11.5 Å². The van der Waals surface area contributed by atoms with Gasteiger partial charge in [-0.25, -0.2) is 18.6 Å². The predicted octanol–water partition coefficient (Wildman–Crippen LogP) is 2.59. The standard InChI is InChI=1S/C25H25N3O7S/c1-33-22-8-6-7-20(15-22)28(36(31,32)23-9-4-3-5-10-23)17-24(29)27-26-16-19-11-13-21(14-12-19)35-18-25(30)34-2/h3-16H,17-18H2,1-2H3,(H,27,29)/b26-16-. The molecule has 36 heavy (non-hydrogen) atoms. The summed E-state index contributed by atoms with van der Waals surface area (Å²) in [6.45, 7) is -0.724. The number of hydrazone groups is 1. The first-order valence-electron chi connectivity index (χ1n) is 10.7. The van der Waals surface area contributed by atoms with Gasteiger partial charge in [0.05, 0.1) is 31.0 Å². The number of anilines is 1. The minimum atomic E-state index is -4.05. The van der Waals surface area contributed by atoms with Gasteiger partial charge in [-0.1, -0.05) is 24.3 Å². The second kappa shape index (κ2) is 12.4. The lowest BCUT2D eigenvalue weighted by atomic mass is 10.2. The lowest BCUT2D eigenvalue weighted by molar-refractivity contribution is -0.142. The molecule has 0 aliphatic carbocycles. The van der Waals surface area contributed by atoms with Gasteiger partial charge in [0.2, 0.25) is 0 Å². The van der Waals surface area contributed by atoms with Crippen molar-refractivity contribution >= 4 is 33.8 Å². The summed E-state index contributed by atoms with van der Waals surface area (Å²) in [6.07, 6.45) is 1.39. The molecule has 3 aromatic carbocycles. The zero-order valence-electron chi connectivity index (χ0n) is 19.7. The van der Waals surface area contributed by atoms with E-state index < -0.39 is 28.4 Å². The molecule has 0 aromatic heterocycles. The summed E-state index contributed by atoms with van der Waals surface area (Å²) < 4.78 is 42.6. The van der Waals surface area contributed by atoms with E-state index in [9.17, 15) is 18.0 Å². The molecule has 10 nitrogen and oxygen atoms in total. The van der Waals surface area contributed by atoms with E-state index in [1.54, 1.807) is 60.7 Å². The van der Waals surface area contributed by atoms with Crippen molar-refractivity contribution in [2.24, 2.45) is 5.10 Å². The summed E-state index contributed by atoms with van der Waals surface area (Å²) >= 11 is 0. The minimum absolute atomic E-state index is 0.0404. The Balaban J connectivity index is 1.71. The van der Waals surface area contributed by atoms with E-state index in [-0.39, 0.29) is 17.2 Å². The highest BCUT2D eigenvalue weighted by Gasteiger charge is 2.27. The van der Waals surface area contributed by atoms with E-state index in [0.717, 1.165) is 4.31 Å². The number of nitrogens with one attached hydrogen (secondary N) is 1. The summed E-state index contributed by atoms with van der Waals surface area (Å²) in [5, 5.41) is 3.91. The Morgan fingerprint density at radius 2 is 1.67 bits per heavy atom. The van der Waals surface area contributed by atoms with Gasteiger partial charge in [0.15, 0.2) is 6.61 Å². The Bertz CT molecular complexity index is 1310. The highest BCUT2D eigenvalue weighted by molar-refractivity contribution is 7.92. The zero-order chi connectivity index (χ0) is 26.0. The number of esters is 1. The monoisotopic (exact) mass is 511 g/mol. The third-order valence-corrected chi connectivity index (χ3v) is 6.62. The molecule has 0 saturated carbocycles. The molecule has 0 unspecified atom stereocenters. The number of carbonyl (C=O) groups excluding carboxylic acids is 2. The topological polar surface area (TPSA) is 124 Å². The van der Waals surface area contributed by atoms with E-state index in [0.29, 0.717) is 17.1 Å². The molecule has 0 atom stereocenters. The first-order valence-corrected chi connectivity index (χ1v) is 12.1. The van der Waals surface area contributed by atoms with Crippen LogP contribution >= 0.6 is 0 Å². The van der Waals surface area contributed by atoms with Crippen LogP contribution in [0.5, 0.6) is 11.5 Å². The van der Waals surface area contributed by atoms with Crippen LogP contribution in [0.4, 0.5) is 5.69 Å². The van der Waals surface area contributed by atoms with Crippen molar-refractivity contribution in [2.75, 3.05) is 31.7 Å². The average molecular weight is 512 g/mol. The third kappa shape index (κ3) is 7.06. The number of sulfonamides is 1. The van der Waals surface area contributed by atoms with Crippen molar-refractivity contribution in [3.63, 3.8) is 0 Å². The van der Waals surface area contributed by atoms with Gasteiger partial charge in [0.25, 0.3) is 15.9 Å². The molecule has 1 amide bonds. The molecule has 0 fully saturated rings. The Kier molecular flexibility index (Phi) is 9.01. The van der Waals surface area contributed by atoms with Crippen LogP contribution in [0.3, 0.4) is 0 Å². The van der Waals surface area contributed by atoms with E-state index in [2.05, 4.69) is 15.3 Å². The predicted molar refractivity (Wildman–Crippen MR) is 134 cm³/mol. The average Bonchev–Trinajstić information content (AvgIpc) is 2.91. The third-order valence-electron chi connectivity index (χ3n) is 4.83. The zero-order valence-corrected chi connectivity index (χ0v) is 20.5. The molecule has 188 valence electrons. The van der Waals surface area contributed by atoms with E-state index in [4.69, 9.17) is 9.47 Å². The van der Waals surface area contributed by atoms with Gasteiger partial charge in [-0.05, 0) is 54.1 Å². The van der Waals surface area contributed by atoms with Crippen LogP contribution in [0, 0.1) is 0 Å². The molecule has 0 saturated heterocycles. The number of methoxy groups -OCH3 is 2. The van der Waals surface area contributed by atoms with Gasteiger partial charge >= 0.3 is 5.97 Å². The Hall–Kier alpha value is -4.38. The molecule has 0 spiro atoms. The number of rotatable bonds is 11. The fourth-order valence-corrected chi connectivity index (χ4v) is 4.43. The molecule has 0 radical (unpaired) electrons. The number of hydrogen-bond donors (Lipinski definition) is 1. The molecular formula is C25H25N3O7S. The van der Waals surface area contributed by atoms with Crippen molar-refractivity contribution in [3.05, 3.63) is 84.4 Å². The number of carbonyl (C=O) groups is 2. The van der Waals surface area contributed by atoms with Crippen molar-refractivity contribution < 1.29 is 32.2 Å². The second-order valence-corrected chi connectivity index (χ2v) is 9.12. The second-order valence-electron chi connectivity index (χ2n) is 7.25. The summed E-state index contributed by atoms with van der Waals surface area (Å²) in [5.41, 5.74) is 3.25. The number of amides is 1. The smallest absolute Gasteiger partial charge is 0.343 e. The van der Waals surface area contributed by atoms with E-state index >= 15 is 0 Å². The molecule has 0 heterocycles. The molecular weight excluding hydrogens is 486 g/mol. The molecule has 3 rings (SSSR count). The number of nitrogens with zero attached hydrogens (tertiary/aromatic N) is 2. The van der Waals surface area contributed by atoms with Crippen LogP contribution in [-0.4, -0.2) is 53.9 Å².